The maximum absolute atomic E-state index is 13.0. The van der Waals surface area contributed by atoms with E-state index in [9.17, 15) is 4.79 Å². The van der Waals surface area contributed by atoms with E-state index < -0.39 is 0 Å². The van der Waals surface area contributed by atoms with Crippen LogP contribution in [-0.4, -0.2) is 61.7 Å². The fourth-order valence-electron chi connectivity index (χ4n) is 3.89. The molecule has 0 bridgehead atoms. The molecule has 0 spiro atoms. The van der Waals surface area contributed by atoms with Gasteiger partial charge in [0.05, 0.1) is 6.33 Å². The number of imidazole rings is 1. The molecule has 9 nitrogen and oxygen atoms in total. The zero-order valence-electron chi connectivity index (χ0n) is 18.5. The highest BCUT2D eigenvalue weighted by Gasteiger charge is 2.23. The maximum atomic E-state index is 13.0. The molecule has 3 aromatic heterocycles. The van der Waals surface area contributed by atoms with Crippen molar-refractivity contribution < 1.29 is 9.32 Å². The monoisotopic (exact) mass is 443 g/mol. The lowest BCUT2D eigenvalue weighted by molar-refractivity contribution is 0.0746. The van der Waals surface area contributed by atoms with Crippen molar-refractivity contribution in [3.8, 4) is 11.4 Å². The zero-order chi connectivity index (χ0) is 22.6. The number of hydrogen-bond acceptors (Lipinski definition) is 7. The predicted molar refractivity (Wildman–Crippen MR) is 123 cm³/mol. The van der Waals surface area contributed by atoms with Crippen LogP contribution >= 0.6 is 0 Å². The number of hydrogen-bond donors (Lipinski definition) is 0. The molecule has 0 unspecified atom stereocenters. The minimum absolute atomic E-state index is 0.0657. The van der Waals surface area contributed by atoms with E-state index in [1.165, 1.54) is 0 Å². The van der Waals surface area contributed by atoms with E-state index in [2.05, 4.69) is 25.0 Å². The highest BCUT2D eigenvalue weighted by Crippen LogP contribution is 2.20. The second kappa shape index (κ2) is 9.23. The Morgan fingerprint density at radius 3 is 2.52 bits per heavy atom. The van der Waals surface area contributed by atoms with E-state index in [0.29, 0.717) is 36.8 Å². The van der Waals surface area contributed by atoms with Crippen molar-refractivity contribution >= 4 is 11.7 Å². The van der Waals surface area contributed by atoms with Crippen LogP contribution in [0.5, 0.6) is 0 Å². The van der Waals surface area contributed by atoms with Gasteiger partial charge in [-0.2, -0.15) is 4.98 Å². The Morgan fingerprint density at radius 1 is 1.06 bits per heavy atom. The second-order valence-electron chi connectivity index (χ2n) is 7.98. The summed E-state index contributed by atoms with van der Waals surface area (Å²) in [5.74, 6) is 2.12. The van der Waals surface area contributed by atoms with Gasteiger partial charge in [0.25, 0.3) is 5.91 Å². The molecule has 0 atom stereocenters. The number of pyridine rings is 1. The van der Waals surface area contributed by atoms with Gasteiger partial charge in [-0.1, -0.05) is 24.2 Å². The summed E-state index contributed by atoms with van der Waals surface area (Å²) < 4.78 is 7.18. The average Bonchev–Trinajstić information content (AvgIpc) is 3.57. The summed E-state index contributed by atoms with van der Waals surface area (Å²) in [5, 5.41) is 3.99. The van der Waals surface area contributed by atoms with Crippen LogP contribution in [0.25, 0.3) is 11.4 Å². The molecule has 9 heteroatoms. The Labute approximate surface area is 191 Å². The number of piperazine rings is 1. The molecule has 4 aromatic rings. The first-order valence-corrected chi connectivity index (χ1v) is 11.1. The van der Waals surface area contributed by atoms with Crippen LogP contribution in [-0.2, 0) is 13.0 Å². The van der Waals surface area contributed by atoms with Crippen molar-refractivity contribution in [1.29, 1.82) is 0 Å². The van der Waals surface area contributed by atoms with E-state index in [4.69, 9.17) is 4.52 Å². The lowest BCUT2D eigenvalue weighted by atomic mass is 10.1. The number of aryl methyl sites for hydroxylation is 1. The molecular weight excluding hydrogens is 418 g/mol. The van der Waals surface area contributed by atoms with Gasteiger partial charge in [-0.25, -0.2) is 9.97 Å². The standard InChI is InChI=1S/C24H25N7O2/c1-2-22-27-23(28-33-22)20-7-8-21(26-15-20)30-11-13-31(14-12-30)24(32)19-5-3-18(4-6-19)16-29-10-9-25-17-29/h3-10,15,17H,2,11-14,16H2,1H3. The number of benzene rings is 1. The van der Waals surface area contributed by atoms with Gasteiger partial charge >= 0.3 is 0 Å². The summed E-state index contributed by atoms with van der Waals surface area (Å²) in [4.78, 5) is 30.0. The number of rotatable bonds is 6. The third kappa shape index (κ3) is 4.62. The van der Waals surface area contributed by atoms with Gasteiger partial charge in [-0.3, -0.25) is 4.79 Å². The van der Waals surface area contributed by atoms with E-state index >= 15 is 0 Å². The summed E-state index contributed by atoms with van der Waals surface area (Å²) in [6, 6.07) is 11.7. The Kier molecular flexibility index (Phi) is 5.84. The third-order valence-electron chi connectivity index (χ3n) is 5.79. The Morgan fingerprint density at radius 2 is 1.88 bits per heavy atom. The summed E-state index contributed by atoms with van der Waals surface area (Å²) in [6.45, 7) is 5.50. The van der Waals surface area contributed by atoms with Gasteiger partial charge in [0.1, 0.15) is 5.82 Å². The van der Waals surface area contributed by atoms with Crippen LogP contribution in [0.2, 0.25) is 0 Å². The Bertz CT molecular complexity index is 1190. The number of aromatic nitrogens is 5. The van der Waals surface area contributed by atoms with Crippen molar-refractivity contribution in [3.63, 3.8) is 0 Å². The van der Waals surface area contributed by atoms with E-state index in [0.717, 1.165) is 36.6 Å². The van der Waals surface area contributed by atoms with Gasteiger partial charge in [-0.15, -0.1) is 0 Å². The molecule has 33 heavy (non-hydrogen) atoms. The first-order chi connectivity index (χ1) is 16.2. The smallest absolute Gasteiger partial charge is 0.253 e. The van der Waals surface area contributed by atoms with E-state index in [1.54, 1.807) is 18.7 Å². The SMILES string of the molecule is CCc1nc(-c2ccc(N3CCN(C(=O)c4ccc(Cn5ccnc5)cc4)CC3)nc2)no1. The van der Waals surface area contributed by atoms with Gasteiger partial charge in [-0.05, 0) is 29.8 Å². The predicted octanol–water partition coefficient (Wildman–Crippen LogP) is 2.90. The van der Waals surface area contributed by atoms with Crippen LogP contribution < -0.4 is 4.90 Å². The number of carbonyl (C=O) groups is 1. The molecule has 1 aliphatic heterocycles. The molecule has 1 fully saturated rings. The fourth-order valence-corrected chi connectivity index (χ4v) is 3.89. The molecule has 0 aliphatic carbocycles. The third-order valence-corrected chi connectivity index (χ3v) is 5.79. The Balaban J connectivity index is 1.17. The van der Waals surface area contributed by atoms with Crippen LogP contribution in [0.4, 0.5) is 5.82 Å². The van der Waals surface area contributed by atoms with Gasteiger partial charge < -0.3 is 18.9 Å². The van der Waals surface area contributed by atoms with Crippen LogP contribution in [0.3, 0.4) is 0 Å². The van der Waals surface area contributed by atoms with Gasteiger partial charge in [0.15, 0.2) is 0 Å². The Hall–Kier alpha value is -4.01. The fraction of sp³-hybridized carbons (Fsp3) is 0.292. The second-order valence-corrected chi connectivity index (χ2v) is 7.98. The molecule has 1 amide bonds. The minimum Gasteiger partial charge on any atom is -0.353 e. The summed E-state index contributed by atoms with van der Waals surface area (Å²) in [5.41, 5.74) is 2.68. The molecule has 1 saturated heterocycles. The molecule has 5 rings (SSSR count). The normalized spacial score (nSPS) is 14.0. The lowest BCUT2D eigenvalue weighted by Gasteiger charge is -2.35. The molecule has 0 saturated carbocycles. The summed E-state index contributed by atoms with van der Waals surface area (Å²) in [7, 11) is 0. The number of anilines is 1. The summed E-state index contributed by atoms with van der Waals surface area (Å²) >= 11 is 0. The maximum Gasteiger partial charge on any atom is 0.253 e. The molecule has 0 radical (unpaired) electrons. The van der Waals surface area contributed by atoms with Crippen LogP contribution in [0.15, 0.2) is 65.8 Å². The molecular formula is C24H25N7O2. The highest BCUT2D eigenvalue weighted by atomic mass is 16.5. The highest BCUT2D eigenvalue weighted by molar-refractivity contribution is 5.94. The topological polar surface area (TPSA) is 93.2 Å². The van der Waals surface area contributed by atoms with Crippen molar-refractivity contribution in [2.75, 3.05) is 31.1 Å². The van der Waals surface area contributed by atoms with Crippen molar-refractivity contribution in [1.82, 2.24) is 29.6 Å². The average molecular weight is 444 g/mol. The zero-order valence-corrected chi connectivity index (χ0v) is 18.5. The van der Waals surface area contributed by atoms with E-state index in [-0.39, 0.29) is 5.91 Å². The first kappa shape index (κ1) is 20.9. The van der Waals surface area contributed by atoms with Gasteiger partial charge in [0, 0.05) is 68.9 Å². The van der Waals surface area contributed by atoms with Crippen molar-refractivity contribution in [3.05, 3.63) is 78.3 Å². The molecule has 4 heterocycles. The van der Waals surface area contributed by atoms with E-state index in [1.807, 2.05) is 59.0 Å². The van der Waals surface area contributed by atoms with Crippen LogP contribution in [0.1, 0.15) is 28.7 Å². The largest absolute Gasteiger partial charge is 0.353 e. The molecule has 0 N–H and O–H groups in total. The molecule has 168 valence electrons. The lowest BCUT2D eigenvalue weighted by Crippen LogP contribution is -2.49. The van der Waals surface area contributed by atoms with Crippen LogP contribution in [0, 0.1) is 0 Å². The number of carbonyl (C=O) groups excluding carboxylic acids is 1. The molecule has 1 aliphatic rings. The number of amides is 1. The van der Waals surface area contributed by atoms with Gasteiger partial charge in [0.2, 0.25) is 11.7 Å². The quantitative estimate of drug-likeness (QED) is 0.452. The van der Waals surface area contributed by atoms with Crippen molar-refractivity contribution in [2.45, 2.75) is 19.9 Å². The summed E-state index contributed by atoms with van der Waals surface area (Å²) in [6.07, 6.45) is 7.94. The van der Waals surface area contributed by atoms with Crippen molar-refractivity contribution in [2.24, 2.45) is 0 Å². The first-order valence-electron chi connectivity index (χ1n) is 11.1. The minimum atomic E-state index is 0.0657. The molecule has 1 aromatic carbocycles. The number of nitrogens with zero attached hydrogens (tertiary/aromatic N) is 7.